The van der Waals surface area contributed by atoms with Crippen LogP contribution in [-0.2, 0) is 5.75 Å². The molecule has 0 aliphatic carbocycles. The van der Waals surface area contributed by atoms with E-state index in [0.717, 1.165) is 23.4 Å². The lowest BCUT2D eigenvalue weighted by Gasteiger charge is -2.11. The molecule has 1 atom stereocenters. The van der Waals surface area contributed by atoms with Crippen LogP contribution in [0.3, 0.4) is 0 Å². The molecule has 1 aromatic rings. The van der Waals surface area contributed by atoms with Crippen LogP contribution < -0.4 is 0 Å². The van der Waals surface area contributed by atoms with Crippen molar-refractivity contribution >= 4 is 35.0 Å². The maximum absolute atomic E-state index is 8.80. The summed E-state index contributed by atoms with van der Waals surface area (Å²) >= 11 is 13.9. The molecule has 1 heterocycles. The van der Waals surface area contributed by atoms with Crippen LogP contribution in [0.1, 0.15) is 24.6 Å². The van der Waals surface area contributed by atoms with E-state index >= 15 is 0 Å². The SMILES string of the molecule is Cc1cc(Cl)c(CSC(C)CCO)c(Cl)n1. The van der Waals surface area contributed by atoms with Crippen LogP contribution in [0.15, 0.2) is 6.07 Å². The number of halogens is 2. The number of nitrogens with zero attached hydrogens (tertiary/aromatic N) is 1. The van der Waals surface area contributed by atoms with Crippen LogP contribution in [-0.4, -0.2) is 21.9 Å². The molecule has 16 heavy (non-hydrogen) atoms. The van der Waals surface area contributed by atoms with Gasteiger partial charge in [-0.05, 0) is 19.4 Å². The number of aromatic nitrogens is 1. The summed E-state index contributed by atoms with van der Waals surface area (Å²) in [5.41, 5.74) is 1.70. The van der Waals surface area contributed by atoms with Gasteiger partial charge in [-0.25, -0.2) is 4.98 Å². The first-order chi connectivity index (χ1) is 7.54. The van der Waals surface area contributed by atoms with E-state index in [2.05, 4.69) is 11.9 Å². The largest absolute Gasteiger partial charge is 0.396 e. The highest BCUT2D eigenvalue weighted by atomic mass is 35.5. The predicted molar refractivity (Wildman–Crippen MR) is 71.5 cm³/mol. The number of aliphatic hydroxyl groups excluding tert-OH is 1. The molecule has 0 saturated carbocycles. The van der Waals surface area contributed by atoms with E-state index in [1.54, 1.807) is 11.8 Å². The van der Waals surface area contributed by atoms with Crippen LogP contribution in [0.4, 0.5) is 0 Å². The lowest BCUT2D eigenvalue weighted by Crippen LogP contribution is -2.01. The maximum Gasteiger partial charge on any atom is 0.134 e. The summed E-state index contributed by atoms with van der Waals surface area (Å²) in [6.45, 7) is 4.15. The highest BCUT2D eigenvalue weighted by molar-refractivity contribution is 7.99. The first-order valence-corrected chi connectivity index (χ1v) is 6.89. The molecule has 0 saturated heterocycles. The molecule has 0 amide bonds. The highest BCUT2D eigenvalue weighted by Gasteiger charge is 2.10. The molecule has 2 nitrogen and oxygen atoms in total. The Labute approximate surface area is 110 Å². The Hall–Kier alpha value is 0.0400. The molecule has 0 fully saturated rings. The Morgan fingerprint density at radius 1 is 1.50 bits per heavy atom. The lowest BCUT2D eigenvalue weighted by atomic mass is 10.3. The van der Waals surface area contributed by atoms with Gasteiger partial charge in [0.15, 0.2) is 0 Å². The van der Waals surface area contributed by atoms with Gasteiger partial charge < -0.3 is 5.11 Å². The Bertz CT molecular complexity index is 337. The second-order valence-electron chi connectivity index (χ2n) is 3.65. The monoisotopic (exact) mass is 279 g/mol. The summed E-state index contributed by atoms with van der Waals surface area (Å²) < 4.78 is 0. The van der Waals surface area contributed by atoms with Gasteiger partial charge in [0.1, 0.15) is 5.15 Å². The van der Waals surface area contributed by atoms with Gasteiger partial charge in [0.2, 0.25) is 0 Å². The number of pyridine rings is 1. The molecule has 1 unspecified atom stereocenters. The maximum atomic E-state index is 8.80. The molecule has 0 aliphatic rings. The van der Waals surface area contributed by atoms with E-state index in [1.165, 1.54) is 0 Å². The fourth-order valence-corrected chi connectivity index (χ4v) is 3.08. The molecule has 0 aromatic carbocycles. The second kappa shape index (κ2) is 6.70. The molecule has 0 spiro atoms. The minimum atomic E-state index is 0.210. The second-order valence-corrected chi connectivity index (χ2v) is 5.84. The number of aliphatic hydroxyl groups is 1. The number of thioether (sulfide) groups is 1. The summed E-state index contributed by atoms with van der Waals surface area (Å²) in [5.74, 6) is 0.728. The minimum absolute atomic E-state index is 0.210. The number of aryl methyl sites for hydroxylation is 1. The van der Waals surface area contributed by atoms with E-state index in [-0.39, 0.29) is 6.61 Å². The molecule has 0 bridgehead atoms. The van der Waals surface area contributed by atoms with Crippen LogP contribution in [0.2, 0.25) is 10.2 Å². The summed E-state index contributed by atoms with van der Waals surface area (Å²) in [6.07, 6.45) is 0.777. The van der Waals surface area contributed by atoms with E-state index < -0.39 is 0 Å². The van der Waals surface area contributed by atoms with E-state index in [4.69, 9.17) is 28.3 Å². The zero-order valence-corrected chi connectivity index (χ0v) is 11.7. The Morgan fingerprint density at radius 3 is 2.75 bits per heavy atom. The van der Waals surface area contributed by atoms with Crippen molar-refractivity contribution in [2.75, 3.05) is 6.61 Å². The van der Waals surface area contributed by atoms with E-state index in [1.807, 2.05) is 13.0 Å². The topological polar surface area (TPSA) is 33.1 Å². The zero-order chi connectivity index (χ0) is 12.1. The first-order valence-electron chi connectivity index (χ1n) is 5.08. The first kappa shape index (κ1) is 14.1. The number of hydrogen-bond donors (Lipinski definition) is 1. The molecular weight excluding hydrogens is 265 g/mol. The molecule has 0 radical (unpaired) electrons. The fraction of sp³-hybridized carbons (Fsp3) is 0.545. The smallest absolute Gasteiger partial charge is 0.134 e. The predicted octanol–water partition coefficient (Wildman–Crippen LogP) is 3.70. The zero-order valence-electron chi connectivity index (χ0n) is 9.33. The van der Waals surface area contributed by atoms with Crippen molar-refractivity contribution in [1.82, 2.24) is 4.98 Å². The Morgan fingerprint density at radius 2 is 2.19 bits per heavy atom. The van der Waals surface area contributed by atoms with Crippen molar-refractivity contribution in [3.63, 3.8) is 0 Å². The molecule has 1 N–H and O–H groups in total. The average Bonchev–Trinajstić information content (AvgIpc) is 2.16. The van der Waals surface area contributed by atoms with Gasteiger partial charge in [0.05, 0.1) is 0 Å². The van der Waals surface area contributed by atoms with Crippen LogP contribution in [0.5, 0.6) is 0 Å². The van der Waals surface area contributed by atoms with Crippen molar-refractivity contribution in [3.8, 4) is 0 Å². The van der Waals surface area contributed by atoms with Crippen molar-refractivity contribution in [3.05, 3.63) is 27.5 Å². The van der Waals surface area contributed by atoms with Gasteiger partial charge in [-0.3, -0.25) is 0 Å². The third-order valence-corrected chi connectivity index (χ3v) is 4.11. The van der Waals surface area contributed by atoms with Crippen LogP contribution >= 0.6 is 35.0 Å². The van der Waals surface area contributed by atoms with E-state index in [0.29, 0.717) is 15.4 Å². The van der Waals surface area contributed by atoms with Crippen molar-refractivity contribution < 1.29 is 5.11 Å². The molecular formula is C11H15Cl2NOS. The summed E-state index contributed by atoms with van der Waals surface area (Å²) in [4.78, 5) is 4.18. The number of hydrogen-bond acceptors (Lipinski definition) is 3. The summed E-state index contributed by atoms with van der Waals surface area (Å²) in [5, 5.41) is 10.3. The van der Waals surface area contributed by atoms with Crippen molar-refractivity contribution in [1.29, 1.82) is 0 Å². The summed E-state index contributed by atoms with van der Waals surface area (Å²) in [7, 11) is 0. The van der Waals surface area contributed by atoms with Gasteiger partial charge in [-0.2, -0.15) is 11.8 Å². The normalized spacial score (nSPS) is 12.8. The molecule has 1 rings (SSSR count). The molecule has 1 aromatic heterocycles. The number of rotatable bonds is 5. The Balaban J connectivity index is 2.67. The third-order valence-electron chi connectivity index (χ3n) is 2.20. The van der Waals surface area contributed by atoms with Crippen molar-refractivity contribution in [2.24, 2.45) is 0 Å². The van der Waals surface area contributed by atoms with Gasteiger partial charge >= 0.3 is 0 Å². The van der Waals surface area contributed by atoms with Gasteiger partial charge in [-0.1, -0.05) is 30.1 Å². The fourth-order valence-electron chi connectivity index (χ4n) is 1.24. The molecule has 5 heteroatoms. The standard InChI is InChI=1S/C11H15Cl2NOS/c1-7-5-10(12)9(11(13)14-7)6-16-8(2)3-4-15/h5,8,15H,3-4,6H2,1-2H3. The van der Waals surface area contributed by atoms with Gasteiger partial charge in [0.25, 0.3) is 0 Å². The summed E-state index contributed by atoms with van der Waals surface area (Å²) in [6, 6.07) is 1.82. The molecule has 90 valence electrons. The molecule has 0 aliphatic heterocycles. The third kappa shape index (κ3) is 4.13. The lowest BCUT2D eigenvalue weighted by molar-refractivity contribution is 0.289. The minimum Gasteiger partial charge on any atom is -0.396 e. The van der Waals surface area contributed by atoms with Crippen LogP contribution in [0, 0.1) is 6.92 Å². The quantitative estimate of drug-likeness (QED) is 0.835. The van der Waals surface area contributed by atoms with Crippen molar-refractivity contribution in [2.45, 2.75) is 31.3 Å². The van der Waals surface area contributed by atoms with Crippen LogP contribution in [0.25, 0.3) is 0 Å². The van der Waals surface area contributed by atoms with E-state index in [9.17, 15) is 0 Å². The van der Waals surface area contributed by atoms with Gasteiger partial charge in [-0.15, -0.1) is 0 Å². The highest BCUT2D eigenvalue weighted by Crippen LogP contribution is 2.29. The Kier molecular flexibility index (Phi) is 5.90. The average molecular weight is 280 g/mol. The van der Waals surface area contributed by atoms with Gasteiger partial charge in [0, 0.05) is 33.9 Å².